The first-order chi connectivity index (χ1) is 15.0. The number of benzene rings is 2. The first-order valence-electron chi connectivity index (χ1n) is 10.3. The van der Waals surface area contributed by atoms with Gasteiger partial charge in [-0.3, -0.25) is 4.79 Å². The van der Waals surface area contributed by atoms with Crippen molar-refractivity contribution in [3.63, 3.8) is 0 Å². The Morgan fingerprint density at radius 2 is 1.77 bits per heavy atom. The molecule has 0 saturated carbocycles. The Balaban J connectivity index is 1.46. The molecule has 2 heterocycles. The van der Waals surface area contributed by atoms with E-state index in [0.717, 1.165) is 38.3 Å². The fraction of sp³-hybridized carbons (Fsp3) is 0.200. The number of carbonyl (C=O) groups is 1. The van der Waals surface area contributed by atoms with E-state index >= 15 is 0 Å². The smallest absolute Gasteiger partial charge is 0.220 e. The fourth-order valence-corrected chi connectivity index (χ4v) is 3.82. The highest BCUT2D eigenvalue weighted by atomic mass is 79.9. The quantitative estimate of drug-likeness (QED) is 0.404. The number of fused-ring (bicyclic) bond motifs is 1. The van der Waals surface area contributed by atoms with E-state index in [1.807, 2.05) is 74.9 Å². The summed E-state index contributed by atoms with van der Waals surface area (Å²) in [5.74, 6) is 0.0318. The Hall–Kier alpha value is -3.12. The molecule has 5 nitrogen and oxygen atoms in total. The summed E-state index contributed by atoms with van der Waals surface area (Å²) in [6.07, 6.45) is 3.02. The molecule has 0 aliphatic heterocycles. The second-order valence-electron chi connectivity index (χ2n) is 7.68. The molecule has 0 atom stereocenters. The monoisotopic (exact) mass is 476 g/mol. The maximum Gasteiger partial charge on any atom is 0.220 e. The van der Waals surface area contributed by atoms with Gasteiger partial charge >= 0.3 is 0 Å². The molecule has 2 aromatic carbocycles. The number of nitrogens with one attached hydrogen (secondary N) is 1. The minimum absolute atomic E-state index is 0.0318. The third-order valence-corrected chi connectivity index (χ3v) is 5.81. The van der Waals surface area contributed by atoms with Crippen LogP contribution in [0, 0.1) is 0 Å². The molecule has 1 amide bonds. The number of aromatic nitrogens is 2. The molecule has 0 saturated heterocycles. The molecule has 0 spiro atoms. The van der Waals surface area contributed by atoms with Crippen molar-refractivity contribution in [2.24, 2.45) is 0 Å². The van der Waals surface area contributed by atoms with Gasteiger partial charge in [0.1, 0.15) is 5.65 Å². The van der Waals surface area contributed by atoms with E-state index in [4.69, 9.17) is 4.98 Å². The summed E-state index contributed by atoms with van der Waals surface area (Å²) in [4.78, 5) is 19.4. The summed E-state index contributed by atoms with van der Waals surface area (Å²) >= 11 is 3.49. The molecule has 0 unspecified atom stereocenters. The Labute approximate surface area is 190 Å². The third-order valence-electron chi connectivity index (χ3n) is 5.28. The van der Waals surface area contributed by atoms with Crippen molar-refractivity contribution in [1.82, 2.24) is 14.7 Å². The zero-order valence-electron chi connectivity index (χ0n) is 17.7. The van der Waals surface area contributed by atoms with Crippen LogP contribution in [0.3, 0.4) is 0 Å². The van der Waals surface area contributed by atoms with Crippen LogP contribution in [0.15, 0.2) is 77.4 Å². The van der Waals surface area contributed by atoms with Crippen LogP contribution >= 0.6 is 15.9 Å². The third kappa shape index (κ3) is 4.97. The highest BCUT2D eigenvalue weighted by Gasteiger charge is 2.15. The molecule has 1 N–H and O–H groups in total. The Morgan fingerprint density at radius 1 is 1.03 bits per heavy atom. The molecule has 0 aliphatic rings. The van der Waals surface area contributed by atoms with E-state index in [0.29, 0.717) is 19.4 Å². The van der Waals surface area contributed by atoms with E-state index in [9.17, 15) is 4.79 Å². The number of hydrogen-bond donors (Lipinski definition) is 1. The normalized spacial score (nSPS) is 10.9. The molecule has 0 fully saturated rings. The molecule has 6 heteroatoms. The summed E-state index contributed by atoms with van der Waals surface area (Å²) in [6, 6.07) is 22.3. The molecule has 4 aromatic rings. The minimum Gasteiger partial charge on any atom is -0.378 e. The van der Waals surface area contributed by atoms with Gasteiger partial charge in [-0.25, -0.2) is 4.98 Å². The molecular weight excluding hydrogens is 452 g/mol. The molecule has 158 valence electrons. The van der Waals surface area contributed by atoms with Crippen molar-refractivity contribution in [2.75, 3.05) is 19.0 Å². The number of imidazole rings is 1. The second kappa shape index (κ2) is 9.35. The van der Waals surface area contributed by atoms with Crippen molar-refractivity contribution in [3.05, 3.63) is 88.7 Å². The average Bonchev–Trinajstić information content (AvgIpc) is 3.15. The summed E-state index contributed by atoms with van der Waals surface area (Å²) in [5, 5.41) is 3.04. The number of pyridine rings is 1. The lowest BCUT2D eigenvalue weighted by Gasteiger charge is -2.13. The average molecular weight is 477 g/mol. The molecule has 2 aromatic heterocycles. The predicted molar refractivity (Wildman–Crippen MR) is 129 cm³/mol. The number of aryl methyl sites for hydroxylation is 1. The van der Waals surface area contributed by atoms with Gasteiger partial charge in [0.05, 0.1) is 11.4 Å². The van der Waals surface area contributed by atoms with Crippen LogP contribution in [0.1, 0.15) is 17.7 Å². The molecule has 31 heavy (non-hydrogen) atoms. The van der Waals surface area contributed by atoms with E-state index in [1.54, 1.807) is 0 Å². The summed E-state index contributed by atoms with van der Waals surface area (Å²) in [6.45, 7) is 0.527. The van der Waals surface area contributed by atoms with Crippen molar-refractivity contribution < 1.29 is 4.79 Å². The van der Waals surface area contributed by atoms with Gasteiger partial charge in [0.2, 0.25) is 5.91 Å². The molecule has 4 rings (SSSR count). The van der Waals surface area contributed by atoms with Gasteiger partial charge in [0.25, 0.3) is 0 Å². The molecular formula is C25H25BrN4O. The van der Waals surface area contributed by atoms with Crippen LogP contribution < -0.4 is 10.2 Å². The van der Waals surface area contributed by atoms with Gasteiger partial charge in [-0.15, -0.1) is 0 Å². The number of hydrogen-bond acceptors (Lipinski definition) is 3. The van der Waals surface area contributed by atoms with Crippen LogP contribution in [-0.2, 0) is 17.8 Å². The van der Waals surface area contributed by atoms with Crippen LogP contribution in [0.25, 0.3) is 16.9 Å². The maximum absolute atomic E-state index is 12.6. The second-order valence-corrected chi connectivity index (χ2v) is 8.60. The van der Waals surface area contributed by atoms with Crippen LogP contribution in [0.5, 0.6) is 0 Å². The van der Waals surface area contributed by atoms with Crippen molar-refractivity contribution in [1.29, 1.82) is 0 Å². The minimum atomic E-state index is 0.0318. The lowest BCUT2D eigenvalue weighted by Crippen LogP contribution is -2.23. The SMILES string of the molecule is CN(C)c1ccc(CNC(=O)CCc2c(-c3ccc(Br)cc3)nc3ccccn23)cc1. The predicted octanol–water partition coefficient (Wildman–Crippen LogP) is 5.08. The number of anilines is 1. The largest absolute Gasteiger partial charge is 0.378 e. The molecule has 0 radical (unpaired) electrons. The van der Waals surface area contributed by atoms with Gasteiger partial charge in [0.15, 0.2) is 0 Å². The fourth-order valence-electron chi connectivity index (χ4n) is 3.56. The number of rotatable bonds is 7. The highest BCUT2D eigenvalue weighted by Crippen LogP contribution is 2.27. The van der Waals surface area contributed by atoms with Gasteiger partial charge in [-0.1, -0.05) is 46.3 Å². The standard InChI is InChI=1S/C25H25BrN4O/c1-29(2)21-12-6-18(7-13-21)17-27-24(31)15-14-22-25(19-8-10-20(26)11-9-19)28-23-5-3-4-16-30(22)23/h3-13,16H,14-15,17H2,1-2H3,(H,27,31). The van der Waals surface area contributed by atoms with Crippen LogP contribution in [0.2, 0.25) is 0 Å². The van der Waals surface area contributed by atoms with E-state index < -0.39 is 0 Å². The van der Waals surface area contributed by atoms with Crippen molar-refractivity contribution in [3.8, 4) is 11.3 Å². The summed E-state index contributed by atoms with van der Waals surface area (Å²) < 4.78 is 3.10. The number of carbonyl (C=O) groups excluding carboxylic acids is 1. The molecule has 0 bridgehead atoms. The van der Waals surface area contributed by atoms with Gasteiger partial charge in [-0.2, -0.15) is 0 Å². The van der Waals surface area contributed by atoms with Gasteiger partial charge in [0, 0.05) is 49.0 Å². The van der Waals surface area contributed by atoms with E-state index in [-0.39, 0.29) is 5.91 Å². The maximum atomic E-state index is 12.6. The summed E-state index contributed by atoms with van der Waals surface area (Å²) in [5.41, 5.74) is 6.13. The first kappa shape index (κ1) is 21.1. The zero-order chi connectivity index (χ0) is 21.8. The zero-order valence-corrected chi connectivity index (χ0v) is 19.3. The van der Waals surface area contributed by atoms with Crippen molar-refractivity contribution >= 4 is 33.2 Å². The molecule has 0 aliphatic carbocycles. The lowest BCUT2D eigenvalue weighted by molar-refractivity contribution is -0.121. The van der Waals surface area contributed by atoms with Gasteiger partial charge in [-0.05, 0) is 48.4 Å². The van der Waals surface area contributed by atoms with Crippen molar-refractivity contribution in [2.45, 2.75) is 19.4 Å². The Kier molecular flexibility index (Phi) is 6.37. The highest BCUT2D eigenvalue weighted by molar-refractivity contribution is 9.10. The van der Waals surface area contributed by atoms with Crippen LogP contribution in [0.4, 0.5) is 5.69 Å². The number of nitrogens with zero attached hydrogens (tertiary/aromatic N) is 3. The Bertz CT molecular complexity index is 1180. The lowest BCUT2D eigenvalue weighted by atomic mass is 10.1. The first-order valence-corrected chi connectivity index (χ1v) is 11.1. The van der Waals surface area contributed by atoms with E-state index in [2.05, 4.69) is 42.7 Å². The van der Waals surface area contributed by atoms with Gasteiger partial charge < -0.3 is 14.6 Å². The summed E-state index contributed by atoms with van der Waals surface area (Å²) in [7, 11) is 4.03. The number of amides is 1. The Morgan fingerprint density at radius 3 is 2.48 bits per heavy atom. The number of halogens is 1. The van der Waals surface area contributed by atoms with Crippen LogP contribution in [-0.4, -0.2) is 29.4 Å². The topological polar surface area (TPSA) is 49.6 Å². The van der Waals surface area contributed by atoms with E-state index in [1.165, 1.54) is 0 Å².